The maximum Gasteiger partial charge on any atom is 0.307 e. The van der Waals surface area contributed by atoms with E-state index in [1.807, 2.05) is 60.7 Å². The van der Waals surface area contributed by atoms with E-state index in [9.17, 15) is 9.90 Å². The lowest BCUT2D eigenvalue weighted by molar-refractivity contribution is -0.143. The molecule has 2 unspecified atom stereocenters. The van der Waals surface area contributed by atoms with Crippen LogP contribution in [0.3, 0.4) is 0 Å². The van der Waals surface area contributed by atoms with E-state index >= 15 is 0 Å². The van der Waals surface area contributed by atoms with Crippen molar-refractivity contribution in [1.29, 1.82) is 0 Å². The Morgan fingerprint density at radius 3 is 2.18 bits per heavy atom. The summed E-state index contributed by atoms with van der Waals surface area (Å²) < 4.78 is 29.1. The van der Waals surface area contributed by atoms with E-state index in [0.717, 1.165) is 29.7 Å². The average Bonchev–Trinajstić information content (AvgIpc) is 2.96. The molecule has 38 heavy (non-hydrogen) atoms. The number of likely N-dealkylation sites (tertiary alicyclic amines) is 1. The Bertz CT molecular complexity index is 1210. The second kappa shape index (κ2) is 12.6. The number of carboxylic acid groups (broad SMARTS) is 1. The molecule has 0 radical (unpaired) electrons. The van der Waals surface area contributed by atoms with Gasteiger partial charge in [0.2, 0.25) is 5.75 Å². The number of ether oxygens (including phenoxy) is 5. The first kappa shape index (κ1) is 27.1. The van der Waals surface area contributed by atoms with Gasteiger partial charge >= 0.3 is 5.97 Å². The Hall–Kier alpha value is -3.91. The first-order valence-corrected chi connectivity index (χ1v) is 12.6. The molecular weight excluding hydrogens is 486 g/mol. The molecule has 1 saturated heterocycles. The van der Waals surface area contributed by atoms with Gasteiger partial charge in [0.1, 0.15) is 6.61 Å². The third kappa shape index (κ3) is 5.81. The number of hydrogen-bond acceptors (Lipinski definition) is 7. The largest absolute Gasteiger partial charge is 0.493 e. The Labute approximate surface area is 223 Å². The summed E-state index contributed by atoms with van der Waals surface area (Å²) in [6, 6.07) is 19.1. The van der Waals surface area contributed by atoms with Crippen LogP contribution in [0, 0.1) is 5.92 Å². The molecule has 8 nitrogen and oxygen atoms in total. The summed E-state index contributed by atoms with van der Waals surface area (Å²) in [4.78, 5) is 14.1. The monoisotopic (exact) mass is 521 g/mol. The molecule has 0 saturated carbocycles. The highest BCUT2D eigenvalue weighted by molar-refractivity contribution is 5.70. The van der Waals surface area contributed by atoms with Crippen molar-refractivity contribution in [1.82, 2.24) is 4.90 Å². The number of aliphatic carboxylic acids is 1. The van der Waals surface area contributed by atoms with E-state index in [2.05, 4.69) is 4.90 Å². The molecule has 202 valence electrons. The van der Waals surface area contributed by atoms with Gasteiger partial charge in [-0.3, -0.25) is 9.69 Å². The fraction of sp³-hybridized carbons (Fsp3) is 0.367. The van der Waals surface area contributed by atoms with Gasteiger partial charge < -0.3 is 28.8 Å². The molecule has 2 atom stereocenters. The van der Waals surface area contributed by atoms with Crippen molar-refractivity contribution in [2.24, 2.45) is 5.92 Å². The molecule has 1 heterocycles. The topological polar surface area (TPSA) is 86.7 Å². The zero-order valence-electron chi connectivity index (χ0n) is 22.3. The minimum atomic E-state index is -0.786. The molecule has 0 spiro atoms. The summed E-state index contributed by atoms with van der Waals surface area (Å²) in [5.41, 5.74) is 2.75. The van der Waals surface area contributed by atoms with Crippen LogP contribution in [0.15, 0.2) is 60.7 Å². The maximum absolute atomic E-state index is 11.9. The fourth-order valence-electron chi connectivity index (χ4n) is 5.09. The summed E-state index contributed by atoms with van der Waals surface area (Å²) >= 11 is 0. The number of para-hydroxylation sites is 1. The van der Waals surface area contributed by atoms with Gasteiger partial charge in [-0.2, -0.15) is 0 Å². The number of piperidine rings is 1. The van der Waals surface area contributed by atoms with Crippen molar-refractivity contribution in [3.05, 3.63) is 77.4 Å². The summed E-state index contributed by atoms with van der Waals surface area (Å²) in [5.74, 6) is 1.50. The van der Waals surface area contributed by atoms with Crippen molar-refractivity contribution >= 4 is 5.97 Å². The fourth-order valence-corrected chi connectivity index (χ4v) is 5.09. The third-order valence-electron chi connectivity index (χ3n) is 6.92. The Balaban J connectivity index is 1.81. The van der Waals surface area contributed by atoms with Crippen LogP contribution in [0.25, 0.3) is 0 Å². The summed E-state index contributed by atoms with van der Waals surface area (Å²) in [7, 11) is 6.39. The van der Waals surface area contributed by atoms with Crippen LogP contribution in [0.4, 0.5) is 0 Å². The van der Waals surface area contributed by atoms with E-state index in [0.29, 0.717) is 48.3 Å². The third-order valence-corrected chi connectivity index (χ3v) is 6.92. The molecule has 0 aromatic heterocycles. The maximum atomic E-state index is 11.9. The molecular formula is C30H35NO7. The number of carbonyl (C=O) groups is 1. The SMILES string of the molecule is COc1cc(C(c2cccc(OC)c2OC)N2CCCC(C(=O)O)C2)cc(OC)c1OCc1ccccc1. The van der Waals surface area contributed by atoms with Gasteiger partial charge in [0, 0.05) is 12.1 Å². The molecule has 1 aliphatic heterocycles. The lowest BCUT2D eigenvalue weighted by atomic mass is 9.90. The molecule has 8 heteroatoms. The van der Waals surface area contributed by atoms with Crippen LogP contribution < -0.4 is 23.7 Å². The average molecular weight is 522 g/mol. The van der Waals surface area contributed by atoms with Gasteiger partial charge in [0.25, 0.3) is 0 Å². The quantitative estimate of drug-likeness (QED) is 0.369. The van der Waals surface area contributed by atoms with Gasteiger partial charge in [-0.15, -0.1) is 0 Å². The van der Waals surface area contributed by atoms with Crippen LogP contribution in [0.1, 0.15) is 35.6 Å². The summed E-state index contributed by atoms with van der Waals surface area (Å²) in [6.07, 6.45) is 1.42. The summed E-state index contributed by atoms with van der Waals surface area (Å²) in [5, 5.41) is 9.79. The number of rotatable bonds is 11. The molecule has 0 amide bonds. The molecule has 0 aliphatic carbocycles. The molecule has 1 N–H and O–H groups in total. The van der Waals surface area contributed by atoms with Gasteiger partial charge in [0.05, 0.1) is 40.4 Å². The van der Waals surface area contributed by atoms with E-state index in [1.54, 1.807) is 28.4 Å². The minimum absolute atomic E-state index is 0.340. The first-order chi connectivity index (χ1) is 18.5. The smallest absolute Gasteiger partial charge is 0.307 e. The predicted molar refractivity (Wildman–Crippen MR) is 144 cm³/mol. The standard InChI is InChI=1S/C30H35NO7/c1-34-24-14-8-13-23(28(24)37-4)27(31-15-9-12-21(18-31)30(32)33)22-16-25(35-2)29(26(17-22)36-3)38-19-20-10-6-5-7-11-20/h5-8,10-11,13-14,16-17,21,27H,9,12,15,18-19H2,1-4H3,(H,32,33). The van der Waals surface area contributed by atoms with E-state index in [-0.39, 0.29) is 6.04 Å². The second-order valence-corrected chi connectivity index (χ2v) is 9.19. The van der Waals surface area contributed by atoms with Crippen LogP contribution >= 0.6 is 0 Å². The highest BCUT2D eigenvalue weighted by atomic mass is 16.5. The Morgan fingerprint density at radius 1 is 0.895 bits per heavy atom. The van der Waals surface area contributed by atoms with Crippen molar-refractivity contribution in [3.8, 4) is 28.7 Å². The molecule has 1 aliphatic rings. The number of nitrogens with zero attached hydrogens (tertiary/aromatic N) is 1. The number of benzene rings is 3. The number of hydrogen-bond donors (Lipinski definition) is 1. The first-order valence-electron chi connectivity index (χ1n) is 12.6. The van der Waals surface area contributed by atoms with Gasteiger partial charge in [-0.05, 0) is 48.7 Å². The van der Waals surface area contributed by atoms with Crippen molar-refractivity contribution in [3.63, 3.8) is 0 Å². The Kier molecular flexibility index (Phi) is 8.97. The van der Waals surface area contributed by atoms with E-state index in [1.165, 1.54) is 0 Å². The highest BCUT2D eigenvalue weighted by Crippen LogP contribution is 2.46. The van der Waals surface area contributed by atoms with Crippen LogP contribution in [-0.4, -0.2) is 57.5 Å². The highest BCUT2D eigenvalue weighted by Gasteiger charge is 2.34. The number of carboxylic acids is 1. The lowest BCUT2D eigenvalue weighted by Crippen LogP contribution is -2.41. The van der Waals surface area contributed by atoms with Crippen molar-refractivity contribution in [2.75, 3.05) is 41.5 Å². The van der Waals surface area contributed by atoms with E-state index < -0.39 is 11.9 Å². The van der Waals surface area contributed by atoms with Gasteiger partial charge in [-0.25, -0.2) is 0 Å². The van der Waals surface area contributed by atoms with Gasteiger partial charge in [0.15, 0.2) is 23.0 Å². The zero-order valence-corrected chi connectivity index (χ0v) is 22.3. The van der Waals surface area contributed by atoms with Crippen molar-refractivity contribution < 1.29 is 33.6 Å². The molecule has 0 bridgehead atoms. The lowest BCUT2D eigenvalue weighted by Gasteiger charge is -2.38. The molecule has 3 aromatic carbocycles. The Morgan fingerprint density at radius 2 is 1.58 bits per heavy atom. The second-order valence-electron chi connectivity index (χ2n) is 9.19. The minimum Gasteiger partial charge on any atom is -0.493 e. The predicted octanol–water partition coefficient (Wildman–Crippen LogP) is 5.19. The van der Waals surface area contributed by atoms with Crippen LogP contribution in [0.2, 0.25) is 0 Å². The molecule has 4 rings (SSSR count). The van der Waals surface area contributed by atoms with Gasteiger partial charge in [-0.1, -0.05) is 42.5 Å². The molecule has 3 aromatic rings. The normalized spacial score (nSPS) is 16.4. The number of methoxy groups -OCH3 is 4. The summed E-state index contributed by atoms with van der Waals surface area (Å²) in [6.45, 7) is 1.48. The zero-order chi connectivity index (χ0) is 27.1. The molecule has 1 fully saturated rings. The van der Waals surface area contributed by atoms with Crippen LogP contribution in [-0.2, 0) is 11.4 Å². The van der Waals surface area contributed by atoms with E-state index in [4.69, 9.17) is 23.7 Å². The van der Waals surface area contributed by atoms with Crippen molar-refractivity contribution in [2.45, 2.75) is 25.5 Å². The van der Waals surface area contributed by atoms with Crippen LogP contribution in [0.5, 0.6) is 28.7 Å².